The Balaban J connectivity index is 1.62. The summed E-state index contributed by atoms with van der Waals surface area (Å²) in [5.74, 6) is 1.17. The van der Waals surface area contributed by atoms with Crippen LogP contribution in [0.3, 0.4) is 0 Å². The molecule has 0 bridgehead atoms. The second-order valence-corrected chi connectivity index (χ2v) is 9.93. The zero-order valence-corrected chi connectivity index (χ0v) is 23.4. The molecule has 1 aliphatic heterocycles. The summed E-state index contributed by atoms with van der Waals surface area (Å²) >= 11 is 1.16. The fraction of sp³-hybridized carbons (Fsp3) is 0.207. The molecule has 0 N–H and O–H groups in total. The van der Waals surface area contributed by atoms with Crippen molar-refractivity contribution >= 4 is 29.1 Å². The molecule has 0 saturated heterocycles. The number of rotatable bonds is 8. The monoisotopic (exact) mass is 575 g/mol. The molecule has 12 heteroatoms. The largest absolute Gasteiger partial charge is 0.497 e. The summed E-state index contributed by atoms with van der Waals surface area (Å²) in [5.41, 5.74) is 1.34. The van der Waals surface area contributed by atoms with Crippen LogP contribution in [0.4, 0.5) is 5.69 Å². The highest BCUT2D eigenvalue weighted by Crippen LogP contribution is 2.35. The Hall–Kier alpha value is -4.97. The number of hydrogen-bond donors (Lipinski definition) is 0. The van der Waals surface area contributed by atoms with E-state index in [0.717, 1.165) is 11.3 Å². The lowest BCUT2D eigenvalue weighted by Crippen LogP contribution is -2.39. The SMILES string of the molecule is CCOC(=O)C1=C(C)N=c2s/c(=C\c3ccc(-c4cc([N+](=O)[O-])ccc4OC)o3)c(=O)n2[C@@H]1c1ccc(OC)cc1. The van der Waals surface area contributed by atoms with Gasteiger partial charge in [0.15, 0.2) is 4.80 Å². The minimum absolute atomic E-state index is 0.113. The van der Waals surface area contributed by atoms with Gasteiger partial charge in [-0.15, -0.1) is 0 Å². The topological polar surface area (TPSA) is 135 Å². The lowest BCUT2D eigenvalue weighted by Gasteiger charge is -2.24. The van der Waals surface area contributed by atoms with E-state index < -0.39 is 16.9 Å². The number of ether oxygens (including phenoxy) is 3. The fourth-order valence-electron chi connectivity index (χ4n) is 4.60. The average Bonchev–Trinajstić information content (AvgIpc) is 3.56. The summed E-state index contributed by atoms with van der Waals surface area (Å²) in [6.45, 7) is 3.60. The van der Waals surface area contributed by atoms with E-state index in [1.165, 1.54) is 29.9 Å². The maximum Gasteiger partial charge on any atom is 0.338 e. The summed E-state index contributed by atoms with van der Waals surface area (Å²) in [4.78, 5) is 42.6. The molecule has 41 heavy (non-hydrogen) atoms. The summed E-state index contributed by atoms with van der Waals surface area (Å²) in [6, 6.07) is 13.9. The number of benzene rings is 2. The van der Waals surface area contributed by atoms with Gasteiger partial charge in [-0.2, -0.15) is 0 Å². The summed E-state index contributed by atoms with van der Waals surface area (Å²) < 4.78 is 23.7. The molecule has 0 unspecified atom stereocenters. The van der Waals surface area contributed by atoms with E-state index in [2.05, 4.69) is 4.99 Å². The number of nitrogens with zero attached hydrogens (tertiary/aromatic N) is 3. The molecule has 0 radical (unpaired) electrons. The van der Waals surface area contributed by atoms with Crippen molar-refractivity contribution in [2.45, 2.75) is 19.9 Å². The molecule has 11 nitrogen and oxygen atoms in total. The number of carbonyl (C=O) groups is 1. The number of furan rings is 1. The number of nitro groups is 1. The van der Waals surface area contributed by atoms with Crippen molar-refractivity contribution < 1.29 is 28.3 Å². The van der Waals surface area contributed by atoms with Crippen LogP contribution < -0.4 is 24.4 Å². The second-order valence-electron chi connectivity index (χ2n) is 8.92. The van der Waals surface area contributed by atoms with E-state index in [0.29, 0.717) is 49.2 Å². The van der Waals surface area contributed by atoms with Crippen molar-refractivity contribution in [3.05, 3.63) is 107 Å². The van der Waals surface area contributed by atoms with E-state index in [-0.39, 0.29) is 23.4 Å². The molecule has 210 valence electrons. The molecule has 0 spiro atoms. The first-order valence-electron chi connectivity index (χ1n) is 12.5. The molecule has 0 amide bonds. The van der Waals surface area contributed by atoms with E-state index in [1.807, 2.05) is 0 Å². The molecule has 1 atom stereocenters. The summed E-state index contributed by atoms with van der Waals surface area (Å²) in [5, 5.41) is 11.3. The first-order chi connectivity index (χ1) is 19.7. The Morgan fingerprint density at radius 2 is 1.90 bits per heavy atom. The van der Waals surface area contributed by atoms with Crippen molar-refractivity contribution in [2.75, 3.05) is 20.8 Å². The molecule has 2 aromatic heterocycles. The van der Waals surface area contributed by atoms with E-state index >= 15 is 0 Å². The number of fused-ring (bicyclic) bond motifs is 1. The second kappa shape index (κ2) is 11.3. The third-order valence-corrected chi connectivity index (χ3v) is 7.49. The molecule has 5 rings (SSSR count). The molecule has 4 aromatic rings. The summed E-state index contributed by atoms with van der Waals surface area (Å²) in [6.07, 6.45) is 1.58. The van der Waals surface area contributed by atoms with Gasteiger partial charge in [-0.3, -0.25) is 19.5 Å². The van der Waals surface area contributed by atoms with Gasteiger partial charge < -0.3 is 18.6 Å². The Morgan fingerprint density at radius 1 is 1.15 bits per heavy atom. The van der Waals surface area contributed by atoms with Gasteiger partial charge in [0.05, 0.1) is 53.2 Å². The predicted molar refractivity (Wildman–Crippen MR) is 151 cm³/mol. The zero-order chi connectivity index (χ0) is 29.3. The lowest BCUT2D eigenvalue weighted by atomic mass is 9.96. The number of esters is 1. The van der Waals surface area contributed by atoms with Crippen LogP contribution in [-0.4, -0.2) is 36.3 Å². The molecular formula is C29H25N3O8S. The maximum absolute atomic E-state index is 13.8. The number of methoxy groups -OCH3 is 2. The highest BCUT2D eigenvalue weighted by Gasteiger charge is 2.33. The molecule has 1 aliphatic rings. The molecule has 0 aliphatic carbocycles. The van der Waals surface area contributed by atoms with Crippen molar-refractivity contribution in [1.29, 1.82) is 0 Å². The van der Waals surface area contributed by atoms with E-state index in [4.69, 9.17) is 18.6 Å². The highest BCUT2D eigenvalue weighted by molar-refractivity contribution is 7.07. The normalized spacial score (nSPS) is 14.8. The number of nitro benzene ring substituents is 1. The third kappa shape index (κ3) is 5.16. The van der Waals surface area contributed by atoms with Crippen molar-refractivity contribution in [1.82, 2.24) is 4.57 Å². The predicted octanol–water partition coefficient (Wildman–Crippen LogP) is 3.98. The molecular weight excluding hydrogens is 550 g/mol. The Labute approximate surface area is 237 Å². The smallest absolute Gasteiger partial charge is 0.338 e. The maximum atomic E-state index is 13.8. The molecule has 3 heterocycles. The number of carbonyl (C=O) groups excluding carboxylic acids is 1. The van der Waals surface area contributed by atoms with Crippen LogP contribution in [0.25, 0.3) is 17.4 Å². The van der Waals surface area contributed by atoms with Gasteiger partial charge in [0.25, 0.3) is 11.2 Å². The quantitative estimate of drug-likeness (QED) is 0.175. The molecule has 2 aromatic carbocycles. The van der Waals surface area contributed by atoms with E-state index in [9.17, 15) is 19.7 Å². The van der Waals surface area contributed by atoms with Crippen LogP contribution in [-0.2, 0) is 9.53 Å². The van der Waals surface area contributed by atoms with Crippen molar-refractivity contribution in [3.63, 3.8) is 0 Å². The summed E-state index contributed by atoms with van der Waals surface area (Å²) in [7, 11) is 3.02. The van der Waals surface area contributed by atoms with Gasteiger partial charge in [0.2, 0.25) is 0 Å². The molecule has 0 fully saturated rings. The van der Waals surface area contributed by atoms with Gasteiger partial charge in [0.1, 0.15) is 23.0 Å². The minimum Gasteiger partial charge on any atom is -0.497 e. The van der Waals surface area contributed by atoms with Gasteiger partial charge in [-0.1, -0.05) is 23.5 Å². The van der Waals surface area contributed by atoms with Crippen molar-refractivity contribution in [3.8, 4) is 22.8 Å². The molecule has 0 saturated carbocycles. The van der Waals surface area contributed by atoms with Gasteiger partial charge in [-0.25, -0.2) is 9.79 Å². The number of allylic oxidation sites excluding steroid dienone is 1. The van der Waals surface area contributed by atoms with Gasteiger partial charge >= 0.3 is 5.97 Å². The van der Waals surface area contributed by atoms with E-state index in [1.54, 1.807) is 63.4 Å². The third-order valence-electron chi connectivity index (χ3n) is 6.51. The average molecular weight is 576 g/mol. The number of non-ortho nitro benzene ring substituents is 1. The zero-order valence-electron chi connectivity index (χ0n) is 22.6. The Bertz CT molecular complexity index is 1860. The van der Waals surface area contributed by atoms with Gasteiger partial charge in [-0.05, 0) is 49.7 Å². The first kappa shape index (κ1) is 27.6. The number of aromatic nitrogens is 1. The van der Waals surface area contributed by atoms with Crippen LogP contribution in [0.1, 0.15) is 31.2 Å². The van der Waals surface area contributed by atoms with Crippen LogP contribution in [0.15, 0.2) is 80.1 Å². The first-order valence-corrected chi connectivity index (χ1v) is 13.3. The van der Waals surface area contributed by atoms with Gasteiger partial charge in [0, 0.05) is 18.2 Å². The van der Waals surface area contributed by atoms with Crippen LogP contribution >= 0.6 is 11.3 Å². The minimum atomic E-state index is -0.764. The van der Waals surface area contributed by atoms with Crippen LogP contribution in [0.2, 0.25) is 0 Å². The standard InChI is InChI=1S/C29H25N3O8S/c1-5-39-28(34)25-16(2)30-29-31(26(25)17-6-9-19(37-3)10-7-17)27(33)24(41-29)15-20-11-13-23(40-20)21-14-18(32(35)36)8-12-22(21)38-4/h6-15,26H,5H2,1-4H3/b24-15-/t26-/m1/s1. The number of hydrogen-bond acceptors (Lipinski definition) is 10. The van der Waals surface area contributed by atoms with Crippen LogP contribution in [0, 0.1) is 10.1 Å². The lowest BCUT2D eigenvalue weighted by molar-refractivity contribution is -0.384. The fourth-order valence-corrected chi connectivity index (χ4v) is 5.63. The van der Waals surface area contributed by atoms with Crippen molar-refractivity contribution in [2.24, 2.45) is 4.99 Å². The Morgan fingerprint density at radius 3 is 2.56 bits per heavy atom. The highest BCUT2D eigenvalue weighted by atomic mass is 32.1. The number of thiazole rings is 1. The van der Waals surface area contributed by atoms with Crippen LogP contribution in [0.5, 0.6) is 11.5 Å². The Kier molecular flexibility index (Phi) is 7.58.